The third-order valence-corrected chi connectivity index (χ3v) is 2.77. The Hall–Kier alpha value is -1.97. The normalized spacial score (nSPS) is 10.5. The molecule has 0 aliphatic carbocycles. The van der Waals surface area contributed by atoms with Crippen LogP contribution in [0.2, 0.25) is 0 Å². The molecule has 0 amide bonds. The summed E-state index contributed by atoms with van der Waals surface area (Å²) in [6, 6.07) is 8.08. The molecule has 2 N–H and O–H groups in total. The molecule has 0 bridgehead atoms. The summed E-state index contributed by atoms with van der Waals surface area (Å²) in [6.45, 7) is 2.80. The van der Waals surface area contributed by atoms with Gasteiger partial charge in [0.15, 0.2) is 0 Å². The van der Waals surface area contributed by atoms with E-state index in [0.717, 1.165) is 24.3 Å². The topological polar surface area (TPSA) is 53.1 Å². The number of nitrogens with zero attached hydrogens (tertiary/aromatic N) is 2. The molecule has 4 nitrogen and oxygen atoms in total. The van der Waals surface area contributed by atoms with Crippen LogP contribution in [0, 0.1) is 6.92 Å². The zero-order valence-corrected chi connectivity index (χ0v) is 10.2. The van der Waals surface area contributed by atoms with Crippen LogP contribution < -0.4 is 10.5 Å². The van der Waals surface area contributed by atoms with Crippen molar-refractivity contribution in [1.29, 1.82) is 0 Å². The molecule has 17 heavy (non-hydrogen) atoms. The van der Waals surface area contributed by atoms with Crippen molar-refractivity contribution in [2.75, 3.05) is 12.8 Å². The maximum Gasteiger partial charge on any atom is 0.148 e. The number of aromatic nitrogens is 2. The van der Waals surface area contributed by atoms with E-state index in [0.29, 0.717) is 5.82 Å². The summed E-state index contributed by atoms with van der Waals surface area (Å²) in [5.41, 5.74) is 7.99. The number of rotatable bonds is 4. The predicted molar refractivity (Wildman–Crippen MR) is 68.1 cm³/mol. The minimum absolute atomic E-state index is 0.611. The van der Waals surface area contributed by atoms with Crippen molar-refractivity contribution in [3.05, 3.63) is 41.6 Å². The van der Waals surface area contributed by atoms with Gasteiger partial charge in [-0.3, -0.25) is 4.68 Å². The van der Waals surface area contributed by atoms with Crippen molar-refractivity contribution in [2.24, 2.45) is 0 Å². The Kier molecular flexibility index (Phi) is 3.32. The van der Waals surface area contributed by atoms with Gasteiger partial charge in [-0.2, -0.15) is 5.10 Å². The van der Waals surface area contributed by atoms with Crippen molar-refractivity contribution in [3.63, 3.8) is 0 Å². The number of methoxy groups -OCH3 is 1. The Balaban J connectivity index is 1.97. The first-order chi connectivity index (χ1) is 8.19. The van der Waals surface area contributed by atoms with Gasteiger partial charge < -0.3 is 10.5 Å². The molecule has 1 aromatic heterocycles. The van der Waals surface area contributed by atoms with Gasteiger partial charge in [-0.1, -0.05) is 12.1 Å². The molecule has 1 heterocycles. The zero-order chi connectivity index (χ0) is 12.3. The average molecular weight is 231 g/mol. The summed E-state index contributed by atoms with van der Waals surface area (Å²) in [4.78, 5) is 0. The van der Waals surface area contributed by atoms with Crippen LogP contribution in [0.3, 0.4) is 0 Å². The fourth-order valence-electron chi connectivity index (χ4n) is 1.69. The second-order valence-corrected chi connectivity index (χ2v) is 4.06. The van der Waals surface area contributed by atoms with E-state index in [1.54, 1.807) is 7.11 Å². The summed E-state index contributed by atoms with van der Waals surface area (Å²) in [6.07, 6.45) is 2.91. The van der Waals surface area contributed by atoms with E-state index in [2.05, 4.69) is 17.2 Å². The van der Waals surface area contributed by atoms with E-state index in [1.165, 1.54) is 5.56 Å². The number of benzene rings is 1. The van der Waals surface area contributed by atoms with Crippen molar-refractivity contribution >= 4 is 5.82 Å². The molecule has 2 rings (SSSR count). The van der Waals surface area contributed by atoms with E-state index in [1.807, 2.05) is 29.9 Å². The monoisotopic (exact) mass is 231 g/mol. The zero-order valence-electron chi connectivity index (χ0n) is 10.2. The van der Waals surface area contributed by atoms with Gasteiger partial charge in [0.25, 0.3) is 0 Å². The first kappa shape index (κ1) is 11.5. The smallest absolute Gasteiger partial charge is 0.148 e. The minimum Gasteiger partial charge on any atom is -0.497 e. The van der Waals surface area contributed by atoms with Gasteiger partial charge in [-0.25, -0.2) is 0 Å². The molecular formula is C13H17N3O. The van der Waals surface area contributed by atoms with Crippen molar-refractivity contribution in [3.8, 4) is 5.75 Å². The Morgan fingerprint density at radius 1 is 1.29 bits per heavy atom. The first-order valence-corrected chi connectivity index (χ1v) is 5.61. The molecule has 0 saturated heterocycles. The number of ether oxygens (including phenoxy) is 1. The standard InChI is InChI=1S/C13H17N3O/c1-10-9-16(15-13(10)14)8-7-11-3-5-12(17-2)6-4-11/h3-6,9H,7-8H2,1-2H3,(H2,14,15). The first-order valence-electron chi connectivity index (χ1n) is 5.61. The lowest BCUT2D eigenvalue weighted by Crippen LogP contribution is -2.02. The Morgan fingerprint density at radius 2 is 2.00 bits per heavy atom. The van der Waals surface area contributed by atoms with Crippen LogP contribution in [-0.2, 0) is 13.0 Å². The number of nitrogens with two attached hydrogens (primary N) is 1. The van der Waals surface area contributed by atoms with Crippen molar-refractivity contribution in [2.45, 2.75) is 19.9 Å². The van der Waals surface area contributed by atoms with Crippen LogP contribution in [0.1, 0.15) is 11.1 Å². The highest BCUT2D eigenvalue weighted by molar-refractivity contribution is 5.35. The molecule has 0 radical (unpaired) electrons. The van der Waals surface area contributed by atoms with Crippen LogP contribution in [-0.4, -0.2) is 16.9 Å². The maximum atomic E-state index is 5.70. The molecule has 2 aromatic rings. The van der Waals surface area contributed by atoms with Crippen LogP contribution in [0.15, 0.2) is 30.5 Å². The van der Waals surface area contributed by atoms with E-state index < -0.39 is 0 Å². The Bertz CT molecular complexity index is 468. The summed E-state index contributed by atoms with van der Waals surface area (Å²) in [5.74, 6) is 1.49. The van der Waals surface area contributed by atoms with Gasteiger partial charge in [0, 0.05) is 18.3 Å². The van der Waals surface area contributed by atoms with Crippen LogP contribution >= 0.6 is 0 Å². The molecule has 0 spiro atoms. The van der Waals surface area contributed by atoms with Crippen molar-refractivity contribution in [1.82, 2.24) is 9.78 Å². The van der Waals surface area contributed by atoms with E-state index in [4.69, 9.17) is 10.5 Å². The third kappa shape index (κ3) is 2.78. The van der Waals surface area contributed by atoms with Crippen LogP contribution in [0.25, 0.3) is 0 Å². The SMILES string of the molecule is COc1ccc(CCn2cc(C)c(N)n2)cc1. The average Bonchev–Trinajstić information content (AvgIpc) is 2.67. The summed E-state index contributed by atoms with van der Waals surface area (Å²) in [5, 5.41) is 4.23. The Morgan fingerprint density at radius 3 is 2.53 bits per heavy atom. The molecule has 0 fully saturated rings. The molecule has 0 aliphatic heterocycles. The lowest BCUT2D eigenvalue weighted by molar-refractivity contribution is 0.414. The van der Waals surface area contributed by atoms with Crippen molar-refractivity contribution < 1.29 is 4.74 Å². The largest absolute Gasteiger partial charge is 0.497 e. The number of aryl methyl sites for hydroxylation is 3. The van der Waals surface area contributed by atoms with Crippen LogP contribution in [0.5, 0.6) is 5.75 Å². The van der Waals surface area contributed by atoms with E-state index >= 15 is 0 Å². The van der Waals surface area contributed by atoms with Gasteiger partial charge in [0.2, 0.25) is 0 Å². The van der Waals surface area contributed by atoms with Gasteiger partial charge in [-0.05, 0) is 31.0 Å². The summed E-state index contributed by atoms with van der Waals surface area (Å²) >= 11 is 0. The number of nitrogen functional groups attached to an aromatic ring is 1. The fourth-order valence-corrected chi connectivity index (χ4v) is 1.69. The second-order valence-electron chi connectivity index (χ2n) is 4.06. The second kappa shape index (κ2) is 4.91. The molecular weight excluding hydrogens is 214 g/mol. The van der Waals surface area contributed by atoms with Crippen LogP contribution in [0.4, 0.5) is 5.82 Å². The molecule has 0 atom stereocenters. The molecule has 90 valence electrons. The number of hydrogen-bond acceptors (Lipinski definition) is 3. The van der Waals surface area contributed by atoms with Gasteiger partial charge >= 0.3 is 0 Å². The summed E-state index contributed by atoms with van der Waals surface area (Å²) < 4.78 is 7.00. The van der Waals surface area contributed by atoms with Gasteiger partial charge in [-0.15, -0.1) is 0 Å². The number of hydrogen-bond donors (Lipinski definition) is 1. The van der Waals surface area contributed by atoms with E-state index in [9.17, 15) is 0 Å². The van der Waals surface area contributed by atoms with Gasteiger partial charge in [0.1, 0.15) is 11.6 Å². The minimum atomic E-state index is 0.611. The molecule has 0 saturated carbocycles. The highest BCUT2D eigenvalue weighted by Crippen LogP contribution is 2.13. The lowest BCUT2D eigenvalue weighted by atomic mass is 10.1. The van der Waals surface area contributed by atoms with E-state index in [-0.39, 0.29) is 0 Å². The number of anilines is 1. The lowest BCUT2D eigenvalue weighted by Gasteiger charge is -2.03. The molecule has 0 aliphatic rings. The third-order valence-electron chi connectivity index (χ3n) is 2.77. The highest BCUT2D eigenvalue weighted by atomic mass is 16.5. The predicted octanol–water partition coefficient (Wildman–Crippen LogP) is 2.03. The fraction of sp³-hybridized carbons (Fsp3) is 0.308. The molecule has 0 unspecified atom stereocenters. The summed E-state index contributed by atoms with van der Waals surface area (Å²) in [7, 11) is 1.67. The maximum absolute atomic E-state index is 5.70. The molecule has 1 aromatic carbocycles. The molecule has 4 heteroatoms. The highest BCUT2D eigenvalue weighted by Gasteiger charge is 2.01. The Labute approximate surface area is 101 Å². The quantitative estimate of drug-likeness (QED) is 0.876. The van der Waals surface area contributed by atoms with Gasteiger partial charge in [0.05, 0.1) is 7.11 Å².